The van der Waals surface area contributed by atoms with Gasteiger partial charge in [-0.25, -0.2) is 4.68 Å². The van der Waals surface area contributed by atoms with Gasteiger partial charge in [0.25, 0.3) is 5.91 Å². The highest BCUT2D eigenvalue weighted by Gasteiger charge is 2.46. The molecule has 126 valence electrons. The molecule has 9 nitrogen and oxygen atoms in total. The average molecular weight is 330 g/mol. The lowest BCUT2D eigenvalue weighted by Crippen LogP contribution is -2.42. The minimum atomic E-state index is -0.616. The van der Waals surface area contributed by atoms with Gasteiger partial charge in [0, 0.05) is 51.8 Å². The maximum atomic E-state index is 12.6. The van der Waals surface area contributed by atoms with E-state index in [-0.39, 0.29) is 11.3 Å². The second kappa shape index (κ2) is 4.89. The smallest absolute Gasteiger partial charge is 0.332 e. The fraction of sp³-hybridized carbons (Fsp3) is 0.533. The van der Waals surface area contributed by atoms with E-state index in [0.29, 0.717) is 37.6 Å². The van der Waals surface area contributed by atoms with Gasteiger partial charge < -0.3 is 4.90 Å². The van der Waals surface area contributed by atoms with E-state index in [1.165, 1.54) is 11.6 Å². The zero-order valence-corrected chi connectivity index (χ0v) is 13.6. The maximum absolute atomic E-state index is 12.6. The molecular weight excluding hydrogens is 312 g/mol. The summed E-state index contributed by atoms with van der Waals surface area (Å²) in [7, 11) is 3.26. The molecule has 2 aliphatic rings. The fourth-order valence-corrected chi connectivity index (χ4v) is 3.74. The summed E-state index contributed by atoms with van der Waals surface area (Å²) in [6, 6.07) is 1.70. The molecule has 0 N–H and O–H groups in total. The number of hydrogen-bond donors (Lipinski definition) is 0. The molecule has 2 aromatic rings. The Morgan fingerprint density at radius 1 is 1.17 bits per heavy atom. The molecule has 1 amide bonds. The zero-order valence-electron chi connectivity index (χ0n) is 13.6. The molecule has 4 rings (SSSR count). The van der Waals surface area contributed by atoms with Crippen LogP contribution in [0.4, 0.5) is 0 Å². The third-order valence-electron chi connectivity index (χ3n) is 4.98. The highest BCUT2D eigenvalue weighted by molar-refractivity contribution is 5.92. The van der Waals surface area contributed by atoms with Crippen molar-refractivity contribution in [2.45, 2.75) is 19.4 Å². The third-order valence-corrected chi connectivity index (χ3v) is 4.98. The summed E-state index contributed by atoms with van der Waals surface area (Å²) in [5.74, 6) is 0.521. The normalized spacial score (nSPS) is 22.3. The molecule has 9 heteroatoms. The first kappa shape index (κ1) is 14.9. The summed E-state index contributed by atoms with van der Waals surface area (Å²) in [6.07, 6.45) is 3.12. The van der Waals surface area contributed by atoms with Gasteiger partial charge in [0.15, 0.2) is 0 Å². The van der Waals surface area contributed by atoms with Gasteiger partial charge in [-0.3, -0.25) is 23.6 Å². The molecule has 0 radical (unpaired) electrons. The second-order valence-corrected chi connectivity index (χ2v) is 6.76. The lowest BCUT2D eigenvalue weighted by Gasteiger charge is -2.22. The molecule has 0 aromatic carbocycles. The van der Waals surface area contributed by atoms with Crippen molar-refractivity contribution in [2.75, 3.05) is 13.1 Å². The SMILES string of the molecule is Cn1ccc(C(=O)N2CC[C@@]3(Cc4nn(C)c(=O)c(=O)n4C3)C2)n1. The summed E-state index contributed by atoms with van der Waals surface area (Å²) >= 11 is 0. The molecular formula is C15H18N6O3. The Kier molecular flexibility index (Phi) is 3.03. The number of carbonyl (C=O) groups is 1. The predicted octanol–water partition coefficient (Wildman–Crippen LogP) is -1.24. The minimum absolute atomic E-state index is 0.0983. The average Bonchev–Trinajstić information content (AvgIpc) is 3.24. The molecule has 2 aliphatic heterocycles. The molecule has 0 saturated carbocycles. The van der Waals surface area contributed by atoms with Crippen LogP contribution < -0.4 is 11.1 Å². The van der Waals surface area contributed by atoms with Gasteiger partial charge >= 0.3 is 11.1 Å². The number of amides is 1. The Hall–Kier alpha value is -2.71. The first-order valence-corrected chi connectivity index (χ1v) is 7.85. The Bertz CT molecular complexity index is 955. The van der Waals surface area contributed by atoms with Crippen molar-refractivity contribution < 1.29 is 4.79 Å². The topological polar surface area (TPSA) is 95.0 Å². The minimum Gasteiger partial charge on any atom is -0.337 e. The van der Waals surface area contributed by atoms with Crippen LogP contribution in [0.1, 0.15) is 22.7 Å². The molecule has 1 saturated heterocycles. The van der Waals surface area contributed by atoms with E-state index in [9.17, 15) is 14.4 Å². The predicted molar refractivity (Wildman–Crippen MR) is 83.6 cm³/mol. The van der Waals surface area contributed by atoms with Crippen LogP contribution >= 0.6 is 0 Å². The summed E-state index contributed by atoms with van der Waals surface area (Å²) in [5, 5.41) is 8.37. The van der Waals surface area contributed by atoms with E-state index < -0.39 is 11.1 Å². The summed E-state index contributed by atoms with van der Waals surface area (Å²) in [5.41, 5.74) is -0.942. The van der Waals surface area contributed by atoms with Crippen molar-refractivity contribution in [1.82, 2.24) is 29.0 Å². The lowest BCUT2D eigenvalue weighted by atomic mass is 9.86. The number of carbonyl (C=O) groups excluding carboxylic acids is 1. The number of likely N-dealkylation sites (tertiary alicyclic amines) is 1. The van der Waals surface area contributed by atoms with Gasteiger partial charge in [-0.2, -0.15) is 10.2 Å². The van der Waals surface area contributed by atoms with Crippen molar-refractivity contribution in [3.8, 4) is 0 Å². The molecule has 0 aliphatic carbocycles. The third kappa shape index (κ3) is 2.11. The quantitative estimate of drug-likeness (QED) is 0.610. The van der Waals surface area contributed by atoms with E-state index in [0.717, 1.165) is 11.1 Å². The monoisotopic (exact) mass is 330 g/mol. The Morgan fingerprint density at radius 2 is 1.96 bits per heavy atom. The van der Waals surface area contributed by atoms with Gasteiger partial charge in [-0.15, -0.1) is 0 Å². The van der Waals surface area contributed by atoms with Crippen LogP contribution in [-0.2, 0) is 27.1 Å². The van der Waals surface area contributed by atoms with E-state index in [4.69, 9.17) is 0 Å². The first-order chi connectivity index (χ1) is 11.4. The Labute approximate surface area is 137 Å². The fourth-order valence-electron chi connectivity index (χ4n) is 3.74. The van der Waals surface area contributed by atoms with E-state index in [1.54, 1.807) is 28.9 Å². The van der Waals surface area contributed by atoms with Crippen LogP contribution in [0.15, 0.2) is 21.9 Å². The number of hydrogen-bond acceptors (Lipinski definition) is 5. The largest absolute Gasteiger partial charge is 0.337 e. The Morgan fingerprint density at radius 3 is 2.67 bits per heavy atom. The number of fused-ring (bicyclic) bond motifs is 1. The highest BCUT2D eigenvalue weighted by Crippen LogP contribution is 2.39. The summed E-state index contributed by atoms with van der Waals surface area (Å²) in [6.45, 7) is 1.61. The number of aryl methyl sites for hydroxylation is 2. The number of rotatable bonds is 1. The first-order valence-electron chi connectivity index (χ1n) is 7.85. The molecule has 0 unspecified atom stereocenters. The van der Waals surface area contributed by atoms with Crippen molar-refractivity contribution in [2.24, 2.45) is 19.5 Å². The number of aromatic nitrogens is 5. The summed E-state index contributed by atoms with van der Waals surface area (Å²) < 4.78 is 4.17. The van der Waals surface area contributed by atoms with Crippen LogP contribution in [0.25, 0.3) is 0 Å². The molecule has 1 atom stereocenters. The molecule has 24 heavy (non-hydrogen) atoms. The standard InChI is InChI=1S/C15H18N6O3/c1-18-5-3-10(16-18)12(22)20-6-4-15(8-20)7-11-17-19(2)13(23)14(24)21(11)9-15/h3,5H,4,6-9H2,1-2H3/t15-/m1/s1. The van der Waals surface area contributed by atoms with Crippen molar-refractivity contribution in [3.05, 3.63) is 44.5 Å². The molecule has 4 heterocycles. The van der Waals surface area contributed by atoms with E-state index >= 15 is 0 Å². The van der Waals surface area contributed by atoms with Gasteiger partial charge in [0.2, 0.25) is 0 Å². The molecule has 0 bridgehead atoms. The van der Waals surface area contributed by atoms with Gasteiger partial charge in [0.1, 0.15) is 11.5 Å². The highest BCUT2D eigenvalue weighted by atomic mass is 16.2. The van der Waals surface area contributed by atoms with Gasteiger partial charge in [0.05, 0.1) is 0 Å². The van der Waals surface area contributed by atoms with Crippen LogP contribution in [0, 0.1) is 5.41 Å². The second-order valence-electron chi connectivity index (χ2n) is 6.76. The van der Waals surface area contributed by atoms with E-state index in [2.05, 4.69) is 10.2 Å². The number of nitrogens with zero attached hydrogens (tertiary/aromatic N) is 6. The van der Waals surface area contributed by atoms with Crippen LogP contribution in [0.3, 0.4) is 0 Å². The van der Waals surface area contributed by atoms with Crippen molar-refractivity contribution in [1.29, 1.82) is 0 Å². The van der Waals surface area contributed by atoms with Gasteiger partial charge in [-0.1, -0.05) is 0 Å². The van der Waals surface area contributed by atoms with E-state index in [1.807, 2.05) is 0 Å². The molecule has 1 fully saturated rings. The van der Waals surface area contributed by atoms with Crippen molar-refractivity contribution in [3.63, 3.8) is 0 Å². The van der Waals surface area contributed by atoms with Crippen LogP contribution in [0.2, 0.25) is 0 Å². The van der Waals surface area contributed by atoms with Gasteiger partial charge in [-0.05, 0) is 12.5 Å². The maximum Gasteiger partial charge on any atom is 0.332 e. The Balaban J connectivity index is 1.59. The van der Waals surface area contributed by atoms with Crippen molar-refractivity contribution >= 4 is 5.91 Å². The summed E-state index contributed by atoms with van der Waals surface area (Å²) in [4.78, 5) is 38.3. The zero-order chi connectivity index (χ0) is 17.1. The van der Waals surface area contributed by atoms with Crippen LogP contribution in [0.5, 0.6) is 0 Å². The molecule has 2 aromatic heterocycles. The van der Waals surface area contributed by atoms with Crippen LogP contribution in [-0.4, -0.2) is 48.0 Å². The molecule has 1 spiro atoms. The lowest BCUT2D eigenvalue weighted by molar-refractivity contribution is 0.0765.